The number of halogens is 2. The summed E-state index contributed by atoms with van der Waals surface area (Å²) in [6.07, 6.45) is 28.7. The number of hydrogen-bond donors (Lipinski definition) is 1. The Hall–Kier alpha value is -0.800. The minimum atomic E-state index is -0.264. The highest BCUT2D eigenvalue weighted by atomic mass is 79.9. The van der Waals surface area contributed by atoms with Crippen LogP contribution in [0.5, 0.6) is 0 Å². The van der Waals surface area contributed by atoms with E-state index in [0.717, 1.165) is 39.9 Å². The summed E-state index contributed by atoms with van der Waals surface area (Å²) in [6, 6.07) is 4.49. The summed E-state index contributed by atoms with van der Waals surface area (Å²) in [4.78, 5) is 30.1. The van der Waals surface area contributed by atoms with Gasteiger partial charge in [-0.3, -0.25) is 14.9 Å². The summed E-state index contributed by atoms with van der Waals surface area (Å²) in [7, 11) is 0. The summed E-state index contributed by atoms with van der Waals surface area (Å²) in [5, 5.41) is 2.59. The molecule has 0 fully saturated rings. The zero-order chi connectivity index (χ0) is 32.7. The molecule has 3 aromatic heterocycles. The topological polar surface area (TPSA) is 46.2 Å². The van der Waals surface area contributed by atoms with Gasteiger partial charge in [0, 0.05) is 9.75 Å². The quantitative estimate of drug-likeness (QED) is 0.0723. The zero-order valence-corrected chi connectivity index (χ0v) is 33.6. The Morgan fingerprint density at radius 1 is 0.500 bits per heavy atom. The van der Waals surface area contributed by atoms with Crippen molar-refractivity contribution in [2.75, 3.05) is 0 Å². The Morgan fingerprint density at radius 3 is 1.17 bits per heavy atom. The fraction of sp³-hybridized carbons (Fsp3) is 0.632. The fourth-order valence-electron chi connectivity index (χ4n) is 6.42. The third-order valence-electron chi connectivity index (χ3n) is 9.15. The highest BCUT2D eigenvalue weighted by Gasteiger charge is 2.37. The normalized spacial score (nSPS) is 12.8. The van der Waals surface area contributed by atoms with Crippen molar-refractivity contribution in [3.05, 3.63) is 42.0 Å². The molecule has 3 aromatic rings. The second-order valence-electron chi connectivity index (χ2n) is 13.0. The van der Waals surface area contributed by atoms with Gasteiger partial charge in [0.1, 0.15) is 0 Å². The molecule has 4 heterocycles. The monoisotopic (exact) mass is 809 g/mol. The number of hydrogen-bond acceptors (Lipinski definition) is 5. The average Bonchev–Trinajstić information content (AvgIpc) is 3.79. The van der Waals surface area contributed by atoms with Crippen molar-refractivity contribution in [2.45, 2.75) is 155 Å². The van der Waals surface area contributed by atoms with E-state index in [1.807, 2.05) is 0 Å². The molecule has 0 atom stereocenters. The molecule has 46 heavy (non-hydrogen) atoms. The third-order valence-corrected chi connectivity index (χ3v) is 14.6. The predicted octanol–water partition coefficient (Wildman–Crippen LogP) is 14.5. The smallest absolute Gasteiger partial charge is 0.260 e. The highest BCUT2D eigenvalue weighted by molar-refractivity contribution is 9.11. The van der Waals surface area contributed by atoms with E-state index in [1.165, 1.54) is 140 Å². The Labute approximate surface area is 307 Å². The first-order chi connectivity index (χ1) is 22.4. The molecule has 254 valence electrons. The summed E-state index contributed by atoms with van der Waals surface area (Å²) in [5.41, 5.74) is 3.74. The lowest BCUT2D eigenvalue weighted by Gasteiger charge is -2.02. The van der Waals surface area contributed by atoms with Crippen molar-refractivity contribution in [3.8, 4) is 19.5 Å². The van der Waals surface area contributed by atoms with Gasteiger partial charge < -0.3 is 0 Å². The number of carbonyl (C=O) groups excluding carboxylic acids is 2. The second kappa shape index (κ2) is 20.7. The molecular weight excluding hydrogens is 758 g/mol. The van der Waals surface area contributed by atoms with E-state index in [4.69, 9.17) is 0 Å². The second-order valence-corrected chi connectivity index (χ2v) is 18.7. The van der Waals surface area contributed by atoms with Crippen LogP contribution in [0, 0.1) is 0 Å². The van der Waals surface area contributed by atoms with Gasteiger partial charge in [0.25, 0.3) is 11.8 Å². The van der Waals surface area contributed by atoms with E-state index in [0.29, 0.717) is 11.1 Å². The number of aryl methyl sites for hydroxylation is 2. The number of amides is 2. The minimum Gasteiger partial charge on any atom is -0.288 e. The standard InChI is InChI=1S/C38H53Br2NO2S3/c1-3-5-7-9-11-13-15-17-19-21-23-27-25-29(44-35(27)39)33-31-32(38(43)41-37(31)42)34(46-33)30-26-28(36(40)45-30)24-22-20-18-16-14-12-10-8-6-4-2/h25-26H,3-24H2,1-2H3,(H,41,42,43). The lowest BCUT2D eigenvalue weighted by Crippen LogP contribution is -2.20. The molecule has 0 unspecified atom stereocenters. The molecule has 0 radical (unpaired) electrons. The van der Waals surface area contributed by atoms with E-state index in [1.54, 1.807) is 34.0 Å². The molecular formula is C38H53Br2NO2S3. The number of rotatable bonds is 24. The molecule has 1 aliphatic heterocycles. The summed E-state index contributed by atoms with van der Waals surface area (Å²) in [5.74, 6) is -0.529. The first-order valence-electron chi connectivity index (χ1n) is 18.0. The van der Waals surface area contributed by atoms with E-state index in [9.17, 15) is 9.59 Å². The van der Waals surface area contributed by atoms with Gasteiger partial charge in [-0.1, -0.05) is 129 Å². The molecule has 1 aliphatic rings. The third kappa shape index (κ3) is 11.1. The van der Waals surface area contributed by atoms with Crippen LogP contribution >= 0.6 is 65.9 Å². The van der Waals surface area contributed by atoms with Gasteiger partial charge in [-0.15, -0.1) is 34.0 Å². The molecule has 2 amide bonds. The maximum absolute atomic E-state index is 13.0. The van der Waals surface area contributed by atoms with Gasteiger partial charge in [0.15, 0.2) is 0 Å². The van der Waals surface area contributed by atoms with Crippen molar-refractivity contribution >= 4 is 77.7 Å². The van der Waals surface area contributed by atoms with Gasteiger partial charge in [-0.25, -0.2) is 0 Å². The van der Waals surface area contributed by atoms with Crippen molar-refractivity contribution in [1.82, 2.24) is 5.32 Å². The van der Waals surface area contributed by atoms with E-state index in [2.05, 4.69) is 63.2 Å². The zero-order valence-electron chi connectivity index (χ0n) is 28.0. The van der Waals surface area contributed by atoms with Gasteiger partial charge in [0.05, 0.1) is 28.5 Å². The molecule has 0 saturated heterocycles. The average molecular weight is 812 g/mol. The van der Waals surface area contributed by atoms with Gasteiger partial charge in [0.2, 0.25) is 0 Å². The van der Waals surface area contributed by atoms with Crippen molar-refractivity contribution in [2.24, 2.45) is 0 Å². The van der Waals surface area contributed by atoms with Crippen LogP contribution in [0.2, 0.25) is 0 Å². The van der Waals surface area contributed by atoms with Crippen molar-refractivity contribution in [1.29, 1.82) is 0 Å². The minimum absolute atomic E-state index is 0.264. The van der Waals surface area contributed by atoms with Gasteiger partial charge >= 0.3 is 0 Å². The molecule has 3 nitrogen and oxygen atoms in total. The van der Waals surface area contributed by atoms with Crippen LogP contribution in [0.15, 0.2) is 19.7 Å². The molecule has 0 saturated carbocycles. The van der Waals surface area contributed by atoms with Crippen molar-refractivity contribution < 1.29 is 9.59 Å². The first-order valence-corrected chi connectivity index (χ1v) is 22.1. The van der Waals surface area contributed by atoms with Crippen molar-refractivity contribution in [3.63, 3.8) is 0 Å². The maximum Gasteiger partial charge on any atom is 0.260 e. The molecule has 0 aromatic carbocycles. The number of thiophene rings is 3. The van der Waals surface area contributed by atoms with Crippen LogP contribution < -0.4 is 5.32 Å². The summed E-state index contributed by atoms with van der Waals surface area (Å²) >= 11 is 12.6. The van der Waals surface area contributed by atoms with Gasteiger partial charge in [-0.2, -0.15) is 0 Å². The molecule has 1 N–H and O–H groups in total. The van der Waals surface area contributed by atoms with Crippen LogP contribution in [0.1, 0.15) is 174 Å². The number of fused-ring (bicyclic) bond motifs is 1. The Balaban J connectivity index is 1.33. The summed E-state index contributed by atoms with van der Waals surface area (Å²) < 4.78 is 2.29. The molecule has 0 bridgehead atoms. The molecule has 0 spiro atoms. The van der Waals surface area contributed by atoms with Crippen LogP contribution in [0.4, 0.5) is 0 Å². The van der Waals surface area contributed by atoms with Crippen LogP contribution in [-0.4, -0.2) is 11.8 Å². The molecule has 4 rings (SSSR count). The number of carbonyl (C=O) groups is 2. The SMILES string of the molecule is CCCCCCCCCCCCc1cc(-c2sc(-c3cc(CCCCCCCCCCCC)c(Br)s3)c3c2C(=O)NC3=O)sc1Br. The number of imide groups is 1. The first kappa shape index (κ1) is 38.0. The highest BCUT2D eigenvalue weighted by Crippen LogP contribution is 2.50. The van der Waals surface area contributed by atoms with Crippen LogP contribution in [0.25, 0.3) is 19.5 Å². The number of unbranched alkanes of at least 4 members (excludes halogenated alkanes) is 18. The Bertz CT molecular complexity index is 1290. The summed E-state index contributed by atoms with van der Waals surface area (Å²) in [6.45, 7) is 4.55. The predicted molar refractivity (Wildman–Crippen MR) is 209 cm³/mol. The van der Waals surface area contributed by atoms with E-state index < -0.39 is 0 Å². The van der Waals surface area contributed by atoms with Crippen LogP contribution in [-0.2, 0) is 12.8 Å². The molecule has 0 aliphatic carbocycles. The van der Waals surface area contributed by atoms with E-state index >= 15 is 0 Å². The largest absolute Gasteiger partial charge is 0.288 e. The maximum atomic E-state index is 13.0. The van der Waals surface area contributed by atoms with E-state index in [-0.39, 0.29) is 11.8 Å². The lowest BCUT2D eigenvalue weighted by atomic mass is 10.0. The fourth-order valence-corrected chi connectivity index (χ4v) is 11.5. The van der Waals surface area contributed by atoms with Gasteiger partial charge in [-0.05, 0) is 80.8 Å². The number of nitrogens with one attached hydrogen (secondary N) is 1. The molecule has 8 heteroatoms. The Morgan fingerprint density at radius 2 is 0.826 bits per heavy atom. The lowest BCUT2D eigenvalue weighted by molar-refractivity contribution is 0.0880. The Kier molecular flexibility index (Phi) is 17.1. The van der Waals surface area contributed by atoms with Crippen LogP contribution in [0.3, 0.4) is 0 Å².